The van der Waals surface area contributed by atoms with Gasteiger partial charge in [0.25, 0.3) is 0 Å². The summed E-state index contributed by atoms with van der Waals surface area (Å²) in [5, 5.41) is 11.2. The number of carbonyl (C=O) groups excluding carboxylic acids is 4. The van der Waals surface area contributed by atoms with Gasteiger partial charge in [0.1, 0.15) is 5.75 Å². The van der Waals surface area contributed by atoms with Crippen LogP contribution in [0.3, 0.4) is 0 Å². The molecular weight excluding hydrogens is 454 g/mol. The zero-order valence-corrected chi connectivity index (χ0v) is 21.1. The molecule has 5 rings (SSSR count). The minimum atomic E-state index is -0.656. The van der Waals surface area contributed by atoms with Crippen molar-refractivity contribution in [2.45, 2.75) is 58.4 Å². The van der Waals surface area contributed by atoms with Gasteiger partial charge in [-0.15, -0.1) is 6.58 Å². The number of aromatic hydroxyl groups is 1. The highest BCUT2D eigenvalue weighted by molar-refractivity contribution is 6.23. The van der Waals surface area contributed by atoms with E-state index in [1.54, 1.807) is 25.1 Å². The molecule has 4 aliphatic rings. The summed E-state index contributed by atoms with van der Waals surface area (Å²) < 4.78 is 0. The van der Waals surface area contributed by atoms with Crippen molar-refractivity contribution in [3.8, 4) is 5.75 Å². The zero-order chi connectivity index (χ0) is 26.1. The Morgan fingerprint density at radius 1 is 1.11 bits per heavy atom. The lowest BCUT2D eigenvalue weighted by atomic mass is 9.59. The first kappa shape index (κ1) is 24.2. The highest BCUT2D eigenvalue weighted by atomic mass is 16.3. The Hall–Kier alpha value is -3.54. The van der Waals surface area contributed by atoms with Crippen LogP contribution in [0.5, 0.6) is 5.75 Å². The Morgan fingerprint density at radius 2 is 1.83 bits per heavy atom. The Labute approximate surface area is 211 Å². The molecule has 3 aliphatic carbocycles. The quantitative estimate of drug-likeness (QED) is 0.391. The number of rotatable bonds is 3. The molecule has 1 fully saturated rings. The second-order valence-electron chi connectivity index (χ2n) is 11.3. The van der Waals surface area contributed by atoms with Gasteiger partial charge in [-0.05, 0) is 64.5 Å². The van der Waals surface area contributed by atoms with Crippen LogP contribution in [0.2, 0.25) is 0 Å². The van der Waals surface area contributed by atoms with E-state index in [-0.39, 0.29) is 35.6 Å². The average molecular weight is 486 g/mol. The molecule has 1 N–H and O–H groups in total. The first-order valence-electron chi connectivity index (χ1n) is 12.5. The highest BCUT2D eigenvalue weighted by Crippen LogP contribution is 2.56. The number of nitrogens with zero attached hydrogens (tertiary/aromatic N) is 1. The molecule has 1 aromatic carbocycles. The molecule has 6 nitrogen and oxygen atoms in total. The molecule has 1 aliphatic heterocycles. The third kappa shape index (κ3) is 3.38. The number of ketones is 2. The maximum atomic E-state index is 13.7. The van der Waals surface area contributed by atoms with Crippen molar-refractivity contribution in [1.29, 1.82) is 0 Å². The number of amides is 2. The van der Waals surface area contributed by atoms with Crippen LogP contribution < -0.4 is 0 Å². The first-order chi connectivity index (χ1) is 17.0. The number of para-hydroxylation sites is 1. The van der Waals surface area contributed by atoms with Crippen LogP contribution in [0.15, 0.2) is 65.3 Å². The number of benzene rings is 1. The number of phenolic OH excluding ortho intramolecular Hbond substituents is 1. The summed E-state index contributed by atoms with van der Waals surface area (Å²) in [4.78, 5) is 55.1. The summed E-state index contributed by atoms with van der Waals surface area (Å²) >= 11 is 0. The van der Waals surface area contributed by atoms with Crippen molar-refractivity contribution < 1.29 is 24.3 Å². The summed E-state index contributed by atoms with van der Waals surface area (Å²) in [6.07, 6.45) is 6.11. The van der Waals surface area contributed by atoms with Gasteiger partial charge < -0.3 is 5.11 Å². The van der Waals surface area contributed by atoms with Crippen molar-refractivity contribution in [3.05, 3.63) is 76.4 Å². The van der Waals surface area contributed by atoms with Crippen LogP contribution in [0.1, 0.15) is 57.6 Å². The molecule has 0 saturated carbocycles. The maximum Gasteiger partial charge on any atom is 0.234 e. The second kappa shape index (κ2) is 8.26. The Kier molecular flexibility index (Phi) is 5.54. The third-order valence-corrected chi connectivity index (χ3v) is 8.06. The molecule has 36 heavy (non-hydrogen) atoms. The summed E-state index contributed by atoms with van der Waals surface area (Å²) in [5.74, 6) is -2.92. The normalized spacial score (nSPS) is 27.9. The summed E-state index contributed by atoms with van der Waals surface area (Å²) in [5.41, 5.74) is 2.54. The van der Waals surface area contributed by atoms with E-state index in [2.05, 4.69) is 6.58 Å². The number of imide groups is 1. The van der Waals surface area contributed by atoms with Crippen LogP contribution in [-0.2, 0) is 25.6 Å². The van der Waals surface area contributed by atoms with Crippen LogP contribution in [-0.4, -0.2) is 38.9 Å². The molecule has 4 atom stereocenters. The summed E-state index contributed by atoms with van der Waals surface area (Å²) in [6, 6.07) is 5.41. The Balaban J connectivity index is 1.71. The van der Waals surface area contributed by atoms with E-state index in [1.807, 2.05) is 32.9 Å². The molecule has 1 saturated heterocycles. The molecule has 2 amide bonds. The fourth-order valence-corrected chi connectivity index (χ4v) is 6.56. The molecule has 1 heterocycles. The zero-order valence-electron chi connectivity index (χ0n) is 21.1. The van der Waals surface area contributed by atoms with Gasteiger partial charge in [-0.3, -0.25) is 24.1 Å². The van der Waals surface area contributed by atoms with Crippen molar-refractivity contribution in [2.24, 2.45) is 17.8 Å². The number of likely N-dealkylation sites (tertiary alicyclic amines) is 1. The molecule has 0 spiro atoms. The van der Waals surface area contributed by atoms with Crippen LogP contribution in [0.25, 0.3) is 0 Å². The van der Waals surface area contributed by atoms with Crippen molar-refractivity contribution >= 4 is 23.4 Å². The van der Waals surface area contributed by atoms with E-state index in [0.29, 0.717) is 40.7 Å². The molecule has 0 bridgehead atoms. The lowest BCUT2D eigenvalue weighted by Gasteiger charge is -2.42. The van der Waals surface area contributed by atoms with Gasteiger partial charge in [0.15, 0.2) is 11.6 Å². The number of Topliss-reactive ketones (excluding diaryl/α,β-unsaturated/α-hetero) is 1. The van der Waals surface area contributed by atoms with Gasteiger partial charge in [-0.25, -0.2) is 0 Å². The molecule has 4 unspecified atom stereocenters. The lowest BCUT2D eigenvalue weighted by molar-refractivity contribution is -0.145. The Bertz CT molecular complexity index is 1340. The van der Waals surface area contributed by atoms with Gasteiger partial charge >= 0.3 is 0 Å². The molecular formula is C30H31NO5. The Morgan fingerprint density at radius 3 is 2.50 bits per heavy atom. The maximum absolute atomic E-state index is 13.7. The van der Waals surface area contributed by atoms with E-state index in [1.165, 1.54) is 11.0 Å². The number of hydrogen-bond acceptors (Lipinski definition) is 5. The van der Waals surface area contributed by atoms with E-state index < -0.39 is 29.2 Å². The SMILES string of the molecule is C=CCc1cccc(C2C3=CCC4C(=O)N(C(C)(C)C)C(=O)C4C3CC3=C2C(=O)C=C(C)C3=O)c1O. The minimum absolute atomic E-state index is 0.0644. The second-order valence-corrected chi connectivity index (χ2v) is 11.3. The highest BCUT2D eigenvalue weighted by Gasteiger charge is 2.58. The molecule has 0 radical (unpaired) electrons. The standard InChI is InChI=1S/C30H31NO5/c1-6-8-16-9-7-10-18(27(16)34)23-17-11-12-19-24(29(36)31(28(19)35)30(3,4)5)20(17)14-21-25(23)22(32)13-15(2)26(21)33/h6-7,9-11,13,19-20,23-24,34H,1,8,12,14H2,2-5H3. The van der Waals surface area contributed by atoms with Gasteiger partial charge in [0, 0.05) is 33.7 Å². The number of phenols is 1. The molecule has 6 heteroatoms. The van der Waals surface area contributed by atoms with Crippen LogP contribution in [0, 0.1) is 17.8 Å². The van der Waals surface area contributed by atoms with Gasteiger partial charge in [-0.2, -0.15) is 0 Å². The summed E-state index contributed by atoms with van der Waals surface area (Å²) in [7, 11) is 0. The van der Waals surface area contributed by atoms with Crippen molar-refractivity contribution in [2.75, 3.05) is 0 Å². The average Bonchev–Trinajstić information content (AvgIpc) is 3.08. The number of carbonyl (C=O) groups is 4. The van der Waals surface area contributed by atoms with Gasteiger partial charge in [0.05, 0.1) is 11.8 Å². The van der Waals surface area contributed by atoms with Crippen LogP contribution in [0.4, 0.5) is 0 Å². The smallest absolute Gasteiger partial charge is 0.234 e. The topological polar surface area (TPSA) is 91.8 Å². The first-order valence-corrected chi connectivity index (χ1v) is 12.5. The number of allylic oxidation sites excluding steroid dienone is 7. The molecule has 0 aromatic heterocycles. The third-order valence-electron chi connectivity index (χ3n) is 8.06. The summed E-state index contributed by atoms with van der Waals surface area (Å²) in [6.45, 7) is 10.9. The number of hydrogen-bond donors (Lipinski definition) is 1. The van der Waals surface area contributed by atoms with Crippen molar-refractivity contribution in [1.82, 2.24) is 4.90 Å². The fraction of sp³-hybridized carbons (Fsp3) is 0.400. The van der Waals surface area contributed by atoms with Crippen molar-refractivity contribution in [3.63, 3.8) is 0 Å². The number of fused-ring (bicyclic) bond motifs is 3. The minimum Gasteiger partial charge on any atom is -0.507 e. The fourth-order valence-electron chi connectivity index (χ4n) is 6.56. The van der Waals surface area contributed by atoms with Gasteiger partial charge in [0.2, 0.25) is 11.8 Å². The van der Waals surface area contributed by atoms with E-state index in [4.69, 9.17) is 0 Å². The monoisotopic (exact) mass is 485 g/mol. The van der Waals surface area contributed by atoms with Crippen LogP contribution >= 0.6 is 0 Å². The van der Waals surface area contributed by atoms with E-state index in [0.717, 1.165) is 5.57 Å². The van der Waals surface area contributed by atoms with E-state index in [9.17, 15) is 24.3 Å². The van der Waals surface area contributed by atoms with E-state index >= 15 is 0 Å². The lowest BCUT2D eigenvalue weighted by Crippen LogP contribution is -2.46. The predicted octanol–water partition coefficient (Wildman–Crippen LogP) is 4.35. The largest absolute Gasteiger partial charge is 0.507 e. The van der Waals surface area contributed by atoms with Gasteiger partial charge in [-0.1, -0.05) is 35.9 Å². The molecule has 186 valence electrons. The predicted molar refractivity (Wildman–Crippen MR) is 135 cm³/mol. The molecule has 1 aromatic rings.